The van der Waals surface area contributed by atoms with E-state index in [9.17, 15) is 14.4 Å². The summed E-state index contributed by atoms with van der Waals surface area (Å²) in [5, 5.41) is 0.627. The number of Topliss-reactive ketones (excluding diaryl/α,β-unsaturated/α-hetero) is 1. The van der Waals surface area contributed by atoms with Gasteiger partial charge in [0.15, 0.2) is 5.70 Å². The van der Waals surface area contributed by atoms with E-state index in [2.05, 4.69) is 14.8 Å². The molecule has 0 radical (unpaired) electrons. The summed E-state index contributed by atoms with van der Waals surface area (Å²) in [4.78, 5) is 52.1. The topological polar surface area (TPSA) is 96.7 Å². The number of pyridine rings is 1. The Kier molecular flexibility index (Phi) is 7.56. The number of H-pyrrole nitrogens is 1. The van der Waals surface area contributed by atoms with Gasteiger partial charge in [-0.3, -0.25) is 14.6 Å². The number of aryl methyl sites for hydroxylation is 1. The van der Waals surface area contributed by atoms with E-state index in [4.69, 9.17) is 11.3 Å². The van der Waals surface area contributed by atoms with Crippen LogP contribution < -0.4 is 0 Å². The lowest BCUT2D eigenvalue weighted by Gasteiger charge is -2.28. The molecule has 1 aliphatic rings. The van der Waals surface area contributed by atoms with Crippen molar-refractivity contribution >= 4 is 34.3 Å². The zero-order chi connectivity index (χ0) is 28.2. The summed E-state index contributed by atoms with van der Waals surface area (Å²) in [6.45, 7) is 12.3. The molecular formula is C32H28N4O4. The third-order valence-electron chi connectivity index (χ3n) is 7.13. The van der Waals surface area contributed by atoms with E-state index in [0.717, 1.165) is 16.7 Å². The molecule has 0 aliphatic carbocycles. The lowest BCUT2D eigenvalue weighted by molar-refractivity contribution is -0.126. The predicted octanol–water partition coefficient (Wildman–Crippen LogP) is 5.85. The fourth-order valence-electron chi connectivity index (χ4n) is 5.14. The summed E-state index contributed by atoms with van der Waals surface area (Å²) < 4.78 is 5.12. The van der Waals surface area contributed by atoms with Crippen molar-refractivity contribution in [2.75, 3.05) is 19.7 Å². The number of hydrogen-bond donors (Lipinski definition) is 1. The third-order valence-corrected chi connectivity index (χ3v) is 7.13. The molecule has 1 aliphatic heterocycles. The van der Waals surface area contributed by atoms with Crippen LogP contribution in [0.2, 0.25) is 0 Å². The zero-order valence-corrected chi connectivity index (χ0v) is 22.4. The molecule has 2 aromatic heterocycles. The Labute approximate surface area is 232 Å². The molecule has 200 valence electrons. The van der Waals surface area contributed by atoms with E-state index in [1.54, 1.807) is 42.4 Å². The molecule has 4 aromatic rings. The fraction of sp³-hybridized carbons (Fsp3) is 0.219. The summed E-state index contributed by atoms with van der Waals surface area (Å²) in [7, 11) is 0. The second-order valence-electron chi connectivity index (χ2n) is 9.59. The van der Waals surface area contributed by atoms with Gasteiger partial charge in [-0.05, 0) is 49.9 Å². The maximum absolute atomic E-state index is 13.5. The molecule has 0 spiro atoms. The molecule has 1 N–H and O–H groups in total. The zero-order valence-electron chi connectivity index (χ0n) is 22.4. The Hall–Kier alpha value is -5.03. The monoisotopic (exact) mass is 532 g/mol. The van der Waals surface area contributed by atoms with E-state index in [1.165, 1.54) is 0 Å². The summed E-state index contributed by atoms with van der Waals surface area (Å²) in [5.41, 5.74) is 5.81. The number of nitrogens with zero attached hydrogens (tertiary/aromatic N) is 3. The van der Waals surface area contributed by atoms with Crippen LogP contribution in [0.25, 0.3) is 32.7 Å². The third kappa shape index (κ3) is 5.02. The van der Waals surface area contributed by atoms with Gasteiger partial charge in [0.05, 0.1) is 35.5 Å². The quantitative estimate of drug-likeness (QED) is 0.145. The normalized spacial score (nSPS) is 13.1. The Morgan fingerprint density at radius 2 is 1.77 bits per heavy atom. The minimum absolute atomic E-state index is 0.272. The highest BCUT2D eigenvalue weighted by Gasteiger charge is 2.29. The number of nitrogens with one attached hydrogen (secondary N) is 1. The number of ether oxygens (including phenoxy) is 1. The Balaban J connectivity index is 1.40. The lowest BCUT2D eigenvalue weighted by atomic mass is 9.97. The molecule has 1 fully saturated rings. The number of aromatic nitrogens is 2. The van der Waals surface area contributed by atoms with Gasteiger partial charge in [-0.25, -0.2) is 9.64 Å². The van der Waals surface area contributed by atoms with Crippen molar-refractivity contribution in [2.24, 2.45) is 0 Å². The molecule has 1 saturated heterocycles. The average Bonchev–Trinajstić information content (AvgIpc) is 3.44. The van der Waals surface area contributed by atoms with Gasteiger partial charge >= 0.3 is 5.97 Å². The molecule has 0 atom stereocenters. The highest BCUT2D eigenvalue weighted by atomic mass is 16.5. The summed E-state index contributed by atoms with van der Waals surface area (Å²) in [6.07, 6.45) is 4.31. The lowest BCUT2D eigenvalue weighted by Crippen LogP contribution is -2.40. The minimum Gasteiger partial charge on any atom is -0.462 e. The molecule has 0 saturated carbocycles. The second-order valence-corrected chi connectivity index (χ2v) is 9.59. The molecule has 40 heavy (non-hydrogen) atoms. The van der Waals surface area contributed by atoms with Crippen LogP contribution in [0.1, 0.15) is 51.6 Å². The maximum atomic E-state index is 13.5. The number of benzene rings is 2. The van der Waals surface area contributed by atoms with Crippen molar-refractivity contribution in [3.63, 3.8) is 0 Å². The van der Waals surface area contributed by atoms with Gasteiger partial charge in [0.25, 0.3) is 11.7 Å². The van der Waals surface area contributed by atoms with Crippen LogP contribution in [0.4, 0.5) is 0 Å². The molecular weight excluding hydrogens is 504 g/mol. The van der Waals surface area contributed by atoms with Crippen LogP contribution in [0.5, 0.6) is 0 Å². The highest BCUT2D eigenvalue weighted by molar-refractivity contribution is 6.45. The highest BCUT2D eigenvalue weighted by Crippen LogP contribution is 2.32. The number of rotatable bonds is 6. The summed E-state index contributed by atoms with van der Waals surface area (Å²) in [6, 6.07) is 16.5. The van der Waals surface area contributed by atoms with Crippen LogP contribution in [0, 0.1) is 13.5 Å². The largest absolute Gasteiger partial charge is 0.462 e. The van der Waals surface area contributed by atoms with E-state index >= 15 is 0 Å². The smallest absolute Gasteiger partial charge is 0.338 e. The average molecular weight is 533 g/mol. The summed E-state index contributed by atoms with van der Waals surface area (Å²) in [5.74, 6) is -1.58. The fourth-order valence-corrected chi connectivity index (χ4v) is 5.14. The standard InChI is InChI=1S/C32H28N4O4/c1-4-40-32(39)24-12-8-11-23(17-24)28-29-26(20(2)18-34-28)25(19-35-29)30(37)31(38)36-15-13-22(14-16-36)27(33-3)21-9-6-5-7-10-21/h5-12,17-19,35H,4,13-16H2,1-2H3. The van der Waals surface area contributed by atoms with Gasteiger partial charge in [0.1, 0.15) is 0 Å². The number of ketones is 1. The first kappa shape index (κ1) is 26.6. The number of amides is 1. The summed E-state index contributed by atoms with van der Waals surface area (Å²) >= 11 is 0. The number of carbonyl (C=O) groups excluding carboxylic acids is 3. The number of hydrogen-bond acceptors (Lipinski definition) is 5. The second kappa shape index (κ2) is 11.4. The van der Waals surface area contributed by atoms with Crippen molar-refractivity contribution in [1.29, 1.82) is 0 Å². The van der Waals surface area contributed by atoms with Gasteiger partial charge in [-0.2, -0.15) is 0 Å². The van der Waals surface area contributed by atoms with Crippen LogP contribution in [-0.2, 0) is 9.53 Å². The van der Waals surface area contributed by atoms with Crippen LogP contribution in [0.15, 0.2) is 72.6 Å². The van der Waals surface area contributed by atoms with Gasteiger partial charge < -0.3 is 14.6 Å². The Morgan fingerprint density at radius 1 is 1.05 bits per heavy atom. The SMILES string of the molecule is [C-]#[N+]C(=C1CCN(C(=O)C(=O)c2c[nH]c3c(-c4cccc(C(=O)OCC)c4)ncc(C)c23)CC1)c1ccccc1. The predicted molar refractivity (Wildman–Crippen MR) is 152 cm³/mol. The van der Waals surface area contributed by atoms with E-state index in [0.29, 0.717) is 59.4 Å². The molecule has 5 rings (SSSR count). The first-order valence-electron chi connectivity index (χ1n) is 13.2. The molecule has 8 nitrogen and oxygen atoms in total. The maximum Gasteiger partial charge on any atom is 0.338 e. The van der Waals surface area contributed by atoms with E-state index in [-0.39, 0.29) is 12.2 Å². The van der Waals surface area contributed by atoms with Crippen molar-refractivity contribution in [2.45, 2.75) is 26.7 Å². The Morgan fingerprint density at radius 3 is 2.48 bits per heavy atom. The number of aromatic amines is 1. The van der Waals surface area contributed by atoms with E-state index in [1.807, 2.05) is 43.3 Å². The van der Waals surface area contributed by atoms with Crippen LogP contribution >= 0.6 is 0 Å². The van der Waals surface area contributed by atoms with Gasteiger partial charge in [-0.15, -0.1) is 0 Å². The van der Waals surface area contributed by atoms with Gasteiger partial charge in [0, 0.05) is 36.4 Å². The molecule has 3 heterocycles. The number of esters is 1. The molecule has 0 bridgehead atoms. The van der Waals surface area contributed by atoms with Crippen LogP contribution in [-0.4, -0.2) is 52.2 Å². The minimum atomic E-state index is -0.590. The first-order valence-corrected chi connectivity index (χ1v) is 13.2. The molecule has 2 aromatic carbocycles. The van der Waals surface area contributed by atoms with Gasteiger partial charge in [0.2, 0.25) is 0 Å². The molecule has 8 heteroatoms. The molecule has 0 unspecified atom stereocenters. The number of likely N-dealkylation sites (tertiary alicyclic amines) is 1. The van der Waals surface area contributed by atoms with E-state index < -0.39 is 17.7 Å². The molecule has 1 amide bonds. The van der Waals surface area contributed by atoms with Crippen molar-refractivity contribution < 1.29 is 19.1 Å². The van der Waals surface area contributed by atoms with Crippen molar-refractivity contribution in [3.05, 3.63) is 106 Å². The number of piperidine rings is 1. The van der Waals surface area contributed by atoms with Crippen molar-refractivity contribution in [3.8, 4) is 11.3 Å². The first-order chi connectivity index (χ1) is 19.4. The number of carbonyl (C=O) groups is 3. The Bertz CT molecular complexity index is 1690. The van der Waals surface area contributed by atoms with Crippen molar-refractivity contribution in [1.82, 2.24) is 14.9 Å². The van der Waals surface area contributed by atoms with Gasteiger partial charge in [-0.1, -0.05) is 48.0 Å². The van der Waals surface area contributed by atoms with Crippen LogP contribution in [0.3, 0.4) is 0 Å². The number of fused-ring (bicyclic) bond motifs is 1.